The molecule has 26 heavy (non-hydrogen) atoms. The zero-order valence-corrected chi connectivity index (χ0v) is 15.1. The summed E-state index contributed by atoms with van der Waals surface area (Å²) in [5.41, 5.74) is 4.52. The molecule has 0 aliphatic carbocycles. The van der Waals surface area contributed by atoms with E-state index in [1.807, 2.05) is 0 Å². The van der Waals surface area contributed by atoms with Crippen LogP contribution in [-0.2, 0) is 9.59 Å². The molecule has 7 nitrogen and oxygen atoms in total. The number of rotatable bonds is 7. The van der Waals surface area contributed by atoms with Crippen LogP contribution in [0.3, 0.4) is 0 Å². The maximum absolute atomic E-state index is 12.0. The number of benzene rings is 2. The Balaban J connectivity index is 1.77. The first-order chi connectivity index (χ1) is 12.5. The maximum atomic E-state index is 12.0. The molecule has 0 heterocycles. The van der Waals surface area contributed by atoms with Crippen LogP contribution in [0.2, 0.25) is 5.02 Å². The van der Waals surface area contributed by atoms with Gasteiger partial charge in [0.15, 0.2) is 24.2 Å². The molecule has 0 aliphatic rings. The Kier molecular flexibility index (Phi) is 7.11. The van der Waals surface area contributed by atoms with Crippen molar-refractivity contribution in [1.29, 1.82) is 0 Å². The van der Waals surface area contributed by atoms with Gasteiger partial charge < -0.3 is 14.2 Å². The fraction of sp³-hybridized carbons (Fsp3) is 0.222. The van der Waals surface area contributed by atoms with E-state index in [1.54, 1.807) is 48.5 Å². The van der Waals surface area contributed by atoms with E-state index in [0.29, 0.717) is 22.3 Å². The number of para-hydroxylation sites is 3. The Morgan fingerprint density at radius 2 is 1.62 bits per heavy atom. The third-order valence-corrected chi connectivity index (χ3v) is 3.57. The predicted molar refractivity (Wildman–Crippen MR) is 96.3 cm³/mol. The zero-order valence-electron chi connectivity index (χ0n) is 14.3. The molecule has 8 heteroatoms. The quantitative estimate of drug-likeness (QED) is 0.722. The maximum Gasteiger partial charge on any atom is 0.279 e. The van der Waals surface area contributed by atoms with E-state index in [-0.39, 0.29) is 6.61 Å². The van der Waals surface area contributed by atoms with Gasteiger partial charge >= 0.3 is 0 Å². The molecule has 2 rings (SSSR count). The second-order valence-corrected chi connectivity index (χ2v) is 5.57. The molecule has 2 aromatic rings. The first-order valence-corrected chi connectivity index (χ1v) is 8.14. The lowest BCUT2D eigenvalue weighted by Gasteiger charge is -2.16. The smallest absolute Gasteiger partial charge is 0.279 e. The molecule has 0 fully saturated rings. The molecule has 1 unspecified atom stereocenters. The van der Waals surface area contributed by atoms with Crippen molar-refractivity contribution in [1.82, 2.24) is 10.9 Å². The Morgan fingerprint density at radius 3 is 2.27 bits per heavy atom. The van der Waals surface area contributed by atoms with Crippen LogP contribution in [0.25, 0.3) is 0 Å². The second kappa shape index (κ2) is 9.53. The standard InChI is InChI=1S/C18H19ClN2O5/c1-12(26-14-8-4-3-7-13(14)19)18(23)21-20-17(22)11-25-16-10-6-5-9-15(16)24-2/h3-10,12H,11H2,1-2H3,(H,20,22)(H,21,23). The van der Waals surface area contributed by atoms with Crippen LogP contribution in [0.5, 0.6) is 17.2 Å². The minimum atomic E-state index is -0.856. The number of ether oxygens (including phenoxy) is 3. The largest absolute Gasteiger partial charge is 0.493 e. The molecule has 2 amide bonds. The Morgan fingerprint density at radius 1 is 1.00 bits per heavy atom. The lowest BCUT2D eigenvalue weighted by Crippen LogP contribution is -2.48. The van der Waals surface area contributed by atoms with Crippen LogP contribution in [-0.4, -0.2) is 31.6 Å². The van der Waals surface area contributed by atoms with Crippen molar-refractivity contribution in [3.63, 3.8) is 0 Å². The lowest BCUT2D eigenvalue weighted by molar-refractivity contribution is -0.133. The van der Waals surface area contributed by atoms with Gasteiger partial charge in [-0.1, -0.05) is 35.9 Å². The van der Waals surface area contributed by atoms with E-state index in [1.165, 1.54) is 14.0 Å². The van der Waals surface area contributed by atoms with E-state index >= 15 is 0 Å². The van der Waals surface area contributed by atoms with Crippen molar-refractivity contribution in [3.8, 4) is 17.2 Å². The number of amides is 2. The molecule has 2 aromatic carbocycles. The molecule has 0 spiro atoms. The van der Waals surface area contributed by atoms with Gasteiger partial charge in [-0.15, -0.1) is 0 Å². The number of halogens is 1. The SMILES string of the molecule is COc1ccccc1OCC(=O)NNC(=O)C(C)Oc1ccccc1Cl. The monoisotopic (exact) mass is 378 g/mol. The van der Waals surface area contributed by atoms with Crippen LogP contribution in [0.1, 0.15) is 6.92 Å². The van der Waals surface area contributed by atoms with Gasteiger partial charge in [0.2, 0.25) is 0 Å². The van der Waals surface area contributed by atoms with E-state index in [2.05, 4.69) is 10.9 Å². The Labute approximate surface area is 156 Å². The van der Waals surface area contributed by atoms with Crippen molar-refractivity contribution < 1.29 is 23.8 Å². The van der Waals surface area contributed by atoms with Crippen LogP contribution in [0, 0.1) is 0 Å². The minimum absolute atomic E-state index is 0.291. The number of hydrazine groups is 1. The van der Waals surface area contributed by atoms with E-state index in [0.717, 1.165) is 0 Å². The first kappa shape index (κ1) is 19.4. The molecule has 0 radical (unpaired) electrons. The summed E-state index contributed by atoms with van der Waals surface area (Å²) in [5, 5.41) is 0.390. The fourth-order valence-electron chi connectivity index (χ4n) is 1.93. The van der Waals surface area contributed by atoms with Gasteiger partial charge in [0.1, 0.15) is 5.75 Å². The zero-order chi connectivity index (χ0) is 18.9. The highest BCUT2D eigenvalue weighted by atomic mass is 35.5. The normalized spacial score (nSPS) is 11.2. The summed E-state index contributed by atoms with van der Waals surface area (Å²) in [6.07, 6.45) is -0.856. The third kappa shape index (κ3) is 5.56. The molecule has 138 valence electrons. The highest BCUT2D eigenvalue weighted by Crippen LogP contribution is 2.25. The number of hydrogen-bond donors (Lipinski definition) is 2. The summed E-state index contributed by atoms with van der Waals surface area (Å²) in [4.78, 5) is 23.8. The van der Waals surface area contributed by atoms with Crippen LogP contribution >= 0.6 is 11.6 Å². The van der Waals surface area contributed by atoms with E-state index < -0.39 is 17.9 Å². The van der Waals surface area contributed by atoms with Crippen LogP contribution < -0.4 is 25.1 Å². The molecular formula is C18H19ClN2O5. The van der Waals surface area contributed by atoms with E-state index in [4.69, 9.17) is 25.8 Å². The summed E-state index contributed by atoms with van der Waals surface area (Å²) in [6.45, 7) is 1.25. The van der Waals surface area contributed by atoms with Gasteiger partial charge in [-0.25, -0.2) is 0 Å². The summed E-state index contributed by atoms with van der Waals surface area (Å²) < 4.78 is 15.9. The number of nitrogens with one attached hydrogen (secondary N) is 2. The van der Waals surface area contributed by atoms with Crippen LogP contribution in [0.15, 0.2) is 48.5 Å². The van der Waals surface area contributed by atoms with Crippen molar-refractivity contribution >= 4 is 23.4 Å². The molecule has 2 N–H and O–H groups in total. The summed E-state index contributed by atoms with van der Waals surface area (Å²) in [6, 6.07) is 13.7. The number of carbonyl (C=O) groups excluding carboxylic acids is 2. The summed E-state index contributed by atoms with van der Waals surface area (Å²) >= 11 is 5.97. The molecule has 0 bridgehead atoms. The topological polar surface area (TPSA) is 85.9 Å². The van der Waals surface area contributed by atoms with Crippen molar-refractivity contribution in [2.24, 2.45) is 0 Å². The van der Waals surface area contributed by atoms with Gasteiger partial charge in [-0.2, -0.15) is 0 Å². The Hall–Kier alpha value is -2.93. The fourth-order valence-corrected chi connectivity index (χ4v) is 2.11. The molecule has 0 aliphatic heterocycles. The average molecular weight is 379 g/mol. The van der Waals surface area contributed by atoms with Crippen LogP contribution in [0.4, 0.5) is 0 Å². The van der Waals surface area contributed by atoms with Gasteiger partial charge in [-0.05, 0) is 31.2 Å². The second-order valence-electron chi connectivity index (χ2n) is 5.17. The summed E-state index contributed by atoms with van der Waals surface area (Å²) in [5.74, 6) is 0.241. The van der Waals surface area contributed by atoms with Crippen molar-refractivity contribution in [2.45, 2.75) is 13.0 Å². The molecule has 1 atom stereocenters. The highest BCUT2D eigenvalue weighted by Gasteiger charge is 2.17. The predicted octanol–water partition coefficient (Wildman–Crippen LogP) is 2.34. The van der Waals surface area contributed by atoms with E-state index in [9.17, 15) is 9.59 Å². The molecule has 0 saturated carbocycles. The third-order valence-electron chi connectivity index (χ3n) is 3.26. The first-order valence-electron chi connectivity index (χ1n) is 7.77. The minimum Gasteiger partial charge on any atom is -0.493 e. The molecule has 0 saturated heterocycles. The molecule has 0 aromatic heterocycles. The van der Waals surface area contributed by atoms with Crippen molar-refractivity contribution in [2.75, 3.05) is 13.7 Å². The molecular weight excluding hydrogens is 360 g/mol. The number of methoxy groups -OCH3 is 1. The summed E-state index contributed by atoms with van der Waals surface area (Å²) in [7, 11) is 1.50. The number of hydrogen-bond acceptors (Lipinski definition) is 5. The van der Waals surface area contributed by atoms with Gasteiger partial charge in [0, 0.05) is 0 Å². The lowest BCUT2D eigenvalue weighted by atomic mass is 10.3. The van der Waals surface area contributed by atoms with Gasteiger partial charge in [0.05, 0.1) is 12.1 Å². The highest BCUT2D eigenvalue weighted by molar-refractivity contribution is 6.32. The van der Waals surface area contributed by atoms with Gasteiger partial charge in [0.25, 0.3) is 11.8 Å². The Bertz CT molecular complexity index is 769. The number of carbonyl (C=O) groups is 2. The van der Waals surface area contributed by atoms with Crippen molar-refractivity contribution in [3.05, 3.63) is 53.6 Å². The van der Waals surface area contributed by atoms with Gasteiger partial charge in [-0.3, -0.25) is 20.4 Å². The average Bonchev–Trinajstić information content (AvgIpc) is 2.66.